The van der Waals surface area contributed by atoms with E-state index < -0.39 is 28.5 Å². The molecule has 0 aliphatic rings. The van der Waals surface area contributed by atoms with Crippen LogP contribution in [-0.2, 0) is 26.2 Å². The molecule has 0 heterocycles. The number of hydrogen-bond donors (Lipinski definition) is 1. The zero-order chi connectivity index (χ0) is 30.0. The molecule has 2 amide bonds. The van der Waals surface area contributed by atoms with Crippen molar-refractivity contribution in [1.29, 1.82) is 0 Å². The van der Waals surface area contributed by atoms with Crippen LogP contribution in [0.5, 0.6) is 5.75 Å². The van der Waals surface area contributed by atoms with Crippen LogP contribution in [0.15, 0.2) is 77.7 Å². The van der Waals surface area contributed by atoms with Gasteiger partial charge in [-0.2, -0.15) is 0 Å². The van der Waals surface area contributed by atoms with Gasteiger partial charge in [0.1, 0.15) is 18.3 Å². The highest BCUT2D eigenvalue weighted by molar-refractivity contribution is 7.92. The van der Waals surface area contributed by atoms with Crippen LogP contribution < -0.4 is 14.4 Å². The summed E-state index contributed by atoms with van der Waals surface area (Å²) in [5.41, 5.74) is 0.824. The molecule has 0 aliphatic carbocycles. The van der Waals surface area contributed by atoms with Gasteiger partial charge in [0.15, 0.2) is 0 Å². The smallest absolute Gasteiger partial charge is 0.264 e. The maximum Gasteiger partial charge on any atom is 0.264 e. The number of carbonyl (C=O) groups excluding carboxylic acids is 2. The standard InChI is InChI=1S/C30H35Cl2N3O5S/c1-4-19-33-30(37)26(5-2)34(20-22-11-7-8-12-25(22)32)29(36)21-35(27-13-9-10-14-28(27)40-6-3)41(38,39)24-17-15-23(31)16-18-24/h7-18,26H,4-6,19-21H2,1-3H3,(H,33,37). The summed E-state index contributed by atoms with van der Waals surface area (Å²) in [5.74, 6) is -0.602. The first-order valence-electron chi connectivity index (χ1n) is 13.4. The number of rotatable bonds is 14. The van der Waals surface area contributed by atoms with Crippen LogP contribution in [0.2, 0.25) is 10.0 Å². The molecule has 0 aliphatic heterocycles. The quantitative estimate of drug-likeness (QED) is 0.242. The first-order chi connectivity index (χ1) is 19.6. The molecule has 0 saturated heterocycles. The molecular weight excluding hydrogens is 585 g/mol. The Balaban J connectivity index is 2.11. The van der Waals surface area contributed by atoms with Gasteiger partial charge in [-0.05, 0) is 67.8 Å². The fourth-order valence-electron chi connectivity index (χ4n) is 4.28. The van der Waals surface area contributed by atoms with Crippen LogP contribution in [-0.4, -0.2) is 50.9 Å². The maximum atomic E-state index is 14.2. The van der Waals surface area contributed by atoms with Gasteiger partial charge in [0, 0.05) is 23.1 Å². The van der Waals surface area contributed by atoms with Crippen molar-refractivity contribution in [3.63, 3.8) is 0 Å². The number of halogens is 2. The van der Waals surface area contributed by atoms with Gasteiger partial charge in [0.05, 0.1) is 17.2 Å². The van der Waals surface area contributed by atoms with Crippen molar-refractivity contribution in [3.8, 4) is 5.75 Å². The Bertz CT molecular complexity index is 1430. The lowest BCUT2D eigenvalue weighted by Crippen LogP contribution is -2.52. The lowest BCUT2D eigenvalue weighted by Gasteiger charge is -2.33. The summed E-state index contributed by atoms with van der Waals surface area (Å²) in [6, 6.07) is 18.5. The largest absolute Gasteiger partial charge is 0.492 e. The molecule has 3 aromatic rings. The number of para-hydroxylation sites is 2. The predicted octanol–water partition coefficient (Wildman–Crippen LogP) is 5.92. The van der Waals surface area contributed by atoms with Crippen molar-refractivity contribution in [2.24, 2.45) is 0 Å². The van der Waals surface area contributed by atoms with E-state index in [1.165, 1.54) is 29.2 Å². The molecule has 0 aromatic heterocycles. The average molecular weight is 621 g/mol. The lowest BCUT2D eigenvalue weighted by molar-refractivity contribution is -0.140. The summed E-state index contributed by atoms with van der Waals surface area (Å²) in [6.07, 6.45) is 1.03. The molecule has 0 saturated carbocycles. The second-order valence-corrected chi connectivity index (χ2v) is 11.9. The van der Waals surface area contributed by atoms with Crippen LogP contribution in [0.4, 0.5) is 5.69 Å². The SMILES string of the molecule is CCCNC(=O)C(CC)N(Cc1ccccc1Cl)C(=O)CN(c1ccccc1OCC)S(=O)(=O)c1ccc(Cl)cc1. The third kappa shape index (κ3) is 8.15. The molecule has 1 N–H and O–H groups in total. The van der Waals surface area contributed by atoms with E-state index in [1.807, 2.05) is 6.92 Å². The number of anilines is 1. The highest BCUT2D eigenvalue weighted by atomic mass is 35.5. The summed E-state index contributed by atoms with van der Waals surface area (Å²) < 4.78 is 34.8. The van der Waals surface area contributed by atoms with Gasteiger partial charge in [-0.1, -0.05) is 67.4 Å². The van der Waals surface area contributed by atoms with E-state index in [2.05, 4.69) is 5.32 Å². The van der Waals surface area contributed by atoms with Gasteiger partial charge in [-0.3, -0.25) is 13.9 Å². The van der Waals surface area contributed by atoms with E-state index in [-0.39, 0.29) is 29.6 Å². The summed E-state index contributed by atoms with van der Waals surface area (Å²) in [7, 11) is -4.27. The van der Waals surface area contributed by atoms with Crippen molar-refractivity contribution < 1.29 is 22.7 Å². The number of carbonyl (C=O) groups is 2. The summed E-state index contributed by atoms with van der Waals surface area (Å²) in [6.45, 7) is 5.68. The van der Waals surface area contributed by atoms with Crippen molar-refractivity contribution in [2.75, 3.05) is 24.0 Å². The molecule has 220 valence electrons. The molecule has 3 aromatic carbocycles. The minimum Gasteiger partial charge on any atom is -0.492 e. The first kappa shape index (κ1) is 32.2. The van der Waals surface area contributed by atoms with E-state index in [1.54, 1.807) is 62.4 Å². The molecule has 0 fully saturated rings. The van der Waals surface area contributed by atoms with Crippen molar-refractivity contribution in [1.82, 2.24) is 10.2 Å². The Morgan fingerprint density at radius 2 is 1.59 bits per heavy atom. The van der Waals surface area contributed by atoms with Crippen LogP contribution in [0.1, 0.15) is 39.2 Å². The van der Waals surface area contributed by atoms with E-state index in [9.17, 15) is 18.0 Å². The number of nitrogens with one attached hydrogen (secondary N) is 1. The summed E-state index contributed by atoms with van der Waals surface area (Å²) in [5, 5.41) is 3.66. The molecular formula is C30H35Cl2N3O5S. The number of benzene rings is 3. The summed E-state index contributed by atoms with van der Waals surface area (Å²) in [4.78, 5) is 28.7. The summed E-state index contributed by atoms with van der Waals surface area (Å²) >= 11 is 12.5. The fraction of sp³-hybridized carbons (Fsp3) is 0.333. The van der Waals surface area contributed by atoms with Gasteiger partial charge >= 0.3 is 0 Å². The normalized spacial score (nSPS) is 11.9. The van der Waals surface area contributed by atoms with Crippen molar-refractivity contribution >= 4 is 50.7 Å². The van der Waals surface area contributed by atoms with Gasteiger partial charge in [-0.15, -0.1) is 0 Å². The highest BCUT2D eigenvalue weighted by Gasteiger charge is 2.35. The molecule has 11 heteroatoms. The van der Waals surface area contributed by atoms with E-state index in [0.29, 0.717) is 34.3 Å². The van der Waals surface area contributed by atoms with Crippen LogP contribution in [0, 0.1) is 0 Å². The van der Waals surface area contributed by atoms with Gasteiger partial charge < -0.3 is 15.0 Å². The Kier molecular flexibility index (Phi) is 11.9. The second kappa shape index (κ2) is 15.1. The zero-order valence-electron chi connectivity index (χ0n) is 23.3. The van der Waals surface area contributed by atoms with Crippen LogP contribution >= 0.6 is 23.2 Å². The van der Waals surface area contributed by atoms with Crippen LogP contribution in [0.25, 0.3) is 0 Å². The molecule has 0 bridgehead atoms. The third-order valence-electron chi connectivity index (χ3n) is 6.35. The van der Waals surface area contributed by atoms with Gasteiger partial charge in [0.25, 0.3) is 10.0 Å². The number of ether oxygens (including phenoxy) is 1. The maximum absolute atomic E-state index is 14.2. The number of hydrogen-bond acceptors (Lipinski definition) is 5. The van der Waals surface area contributed by atoms with E-state index in [0.717, 1.165) is 10.7 Å². The van der Waals surface area contributed by atoms with Gasteiger partial charge in [0.2, 0.25) is 11.8 Å². The molecule has 0 radical (unpaired) electrons. The monoisotopic (exact) mass is 619 g/mol. The predicted molar refractivity (Wildman–Crippen MR) is 163 cm³/mol. The molecule has 1 atom stereocenters. The topological polar surface area (TPSA) is 96.0 Å². The highest BCUT2D eigenvalue weighted by Crippen LogP contribution is 2.33. The Morgan fingerprint density at radius 3 is 2.22 bits per heavy atom. The molecule has 1 unspecified atom stereocenters. The fourth-order valence-corrected chi connectivity index (χ4v) is 6.03. The molecule has 8 nitrogen and oxygen atoms in total. The first-order valence-corrected chi connectivity index (χ1v) is 15.6. The Labute approximate surface area is 252 Å². The van der Waals surface area contributed by atoms with E-state index >= 15 is 0 Å². The Morgan fingerprint density at radius 1 is 0.927 bits per heavy atom. The Hall–Kier alpha value is -3.27. The third-order valence-corrected chi connectivity index (χ3v) is 8.74. The number of amides is 2. The number of sulfonamides is 1. The lowest BCUT2D eigenvalue weighted by atomic mass is 10.1. The molecule has 3 rings (SSSR count). The average Bonchev–Trinajstić information content (AvgIpc) is 2.96. The van der Waals surface area contributed by atoms with Crippen LogP contribution in [0.3, 0.4) is 0 Å². The van der Waals surface area contributed by atoms with Gasteiger partial charge in [-0.25, -0.2) is 8.42 Å². The molecule has 0 spiro atoms. The number of nitrogens with zero attached hydrogens (tertiary/aromatic N) is 2. The zero-order valence-corrected chi connectivity index (χ0v) is 25.7. The minimum atomic E-state index is -4.27. The van der Waals surface area contributed by atoms with Crippen molar-refractivity contribution in [2.45, 2.75) is 51.1 Å². The molecule has 41 heavy (non-hydrogen) atoms. The van der Waals surface area contributed by atoms with Crippen molar-refractivity contribution in [3.05, 3.63) is 88.4 Å². The van der Waals surface area contributed by atoms with E-state index in [4.69, 9.17) is 27.9 Å². The second-order valence-electron chi connectivity index (χ2n) is 9.19. The minimum absolute atomic E-state index is 0.0124.